The van der Waals surface area contributed by atoms with Crippen LogP contribution in [-0.4, -0.2) is 31.6 Å². The van der Waals surface area contributed by atoms with Crippen LogP contribution in [0.25, 0.3) is 22.5 Å². The number of hydrogen-bond donors (Lipinski definition) is 2. The number of alkyl halides is 3. The molecule has 2 aromatic carbocycles. The average Bonchev–Trinajstić information content (AvgIpc) is 3.29. The van der Waals surface area contributed by atoms with Crippen molar-refractivity contribution in [1.29, 1.82) is 0 Å². The summed E-state index contributed by atoms with van der Waals surface area (Å²) in [5, 5.41) is 8.96. The zero-order chi connectivity index (χ0) is 28.5. The van der Waals surface area contributed by atoms with Gasteiger partial charge in [-0.05, 0) is 36.8 Å². The molecule has 0 saturated carbocycles. The van der Waals surface area contributed by atoms with Gasteiger partial charge in [0.2, 0.25) is 5.91 Å². The fourth-order valence-corrected chi connectivity index (χ4v) is 4.11. The van der Waals surface area contributed by atoms with E-state index in [9.17, 15) is 27.2 Å². The molecule has 0 atom stereocenters. The molecule has 39 heavy (non-hydrogen) atoms. The molecule has 0 saturated heterocycles. The van der Waals surface area contributed by atoms with Gasteiger partial charge < -0.3 is 10.6 Å². The van der Waals surface area contributed by atoms with Gasteiger partial charge in [-0.1, -0.05) is 29.8 Å². The zero-order valence-electron chi connectivity index (χ0n) is 20.8. The lowest BCUT2D eigenvalue weighted by molar-refractivity contribution is -0.137. The summed E-state index contributed by atoms with van der Waals surface area (Å²) in [5.74, 6) is -2.40. The van der Waals surface area contributed by atoms with Crippen molar-refractivity contribution in [3.63, 3.8) is 0 Å². The van der Waals surface area contributed by atoms with Crippen molar-refractivity contribution in [3.05, 3.63) is 82.1 Å². The minimum Gasteiger partial charge on any atom is -0.352 e. The van der Waals surface area contributed by atoms with Gasteiger partial charge in [-0.3, -0.25) is 14.3 Å². The van der Waals surface area contributed by atoms with E-state index in [0.717, 1.165) is 11.6 Å². The van der Waals surface area contributed by atoms with E-state index < -0.39 is 34.6 Å². The smallest absolute Gasteiger partial charge is 0.352 e. The second-order valence-electron chi connectivity index (χ2n) is 8.60. The quantitative estimate of drug-likeness (QED) is 0.238. The first kappa shape index (κ1) is 27.7. The monoisotopic (exact) mass is 560 g/mol. The molecular formula is C26H21ClF4N6O2. The summed E-state index contributed by atoms with van der Waals surface area (Å²) >= 11 is 6.34. The molecule has 4 rings (SSSR count). The number of nitrogens with one attached hydrogen (secondary N) is 2. The van der Waals surface area contributed by atoms with Crippen LogP contribution in [0.5, 0.6) is 0 Å². The molecule has 0 radical (unpaired) electrons. The topological polar surface area (TPSA) is 102 Å². The molecule has 202 valence electrons. The fraction of sp³-hybridized carbons (Fsp3) is 0.192. The molecule has 8 nitrogen and oxygen atoms in total. The van der Waals surface area contributed by atoms with Gasteiger partial charge in [-0.15, -0.1) is 0 Å². The maximum Gasteiger partial charge on any atom is 0.417 e. The standard InChI is InChI=1S/C26H21ClF4N6O2/c1-13-33-22(16-6-4-5-15(9-16)12-32-14(2)38)23(24(27)34-13)35-25(39)18-10-17(21-7-8-37(3)36-21)19(11-20(18)28)26(29,30)31/h4-11H,12H2,1-3H3,(H,32,38)(H,35,39). The molecule has 2 aromatic heterocycles. The number of hydrogen-bond acceptors (Lipinski definition) is 5. The van der Waals surface area contributed by atoms with Crippen LogP contribution in [0.2, 0.25) is 5.15 Å². The Bertz CT molecular complexity index is 1590. The first-order chi connectivity index (χ1) is 18.3. The highest BCUT2D eigenvalue weighted by Crippen LogP contribution is 2.39. The normalized spacial score (nSPS) is 11.4. The number of amides is 2. The molecule has 0 bridgehead atoms. The first-order valence-corrected chi connectivity index (χ1v) is 11.8. The SMILES string of the molecule is CC(=O)NCc1cccc(-c2nc(C)nc(Cl)c2NC(=O)c2cc(-c3ccn(C)n3)c(C(F)(F)F)cc2F)c1. The number of nitrogens with zero attached hydrogens (tertiary/aromatic N) is 4. The van der Waals surface area contributed by atoms with Gasteiger partial charge in [-0.25, -0.2) is 14.4 Å². The van der Waals surface area contributed by atoms with Gasteiger partial charge in [0.25, 0.3) is 5.91 Å². The molecule has 0 spiro atoms. The molecule has 2 heterocycles. The summed E-state index contributed by atoms with van der Waals surface area (Å²) < 4.78 is 57.3. The van der Waals surface area contributed by atoms with E-state index in [1.54, 1.807) is 31.2 Å². The van der Waals surface area contributed by atoms with Crippen molar-refractivity contribution in [2.75, 3.05) is 5.32 Å². The highest BCUT2D eigenvalue weighted by Gasteiger charge is 2.36. The summed E-state index contributed by atoms with van der Waals surface area (Å²) in [7, 11) is 1.51. The van der Waals surface area contributed by atoms with Crippen LogP contribution in [0.15, 0.2) is 48.7 Å². The minimum absolute atomic E-state index is 0.0670. The van der Waals surface area contributed by atoms with Crippen LogP contribution in [0.3, 0.4) is 0 Å². The molecule has 2 N–H and O–H groups in total. The summed E-state index contributed by atoms with van der Waals surface area (Å²) in [6, 6.07) is 9.25. The Morgan fingerprint density at radius 3 is 2.49 bits per heavy atom. The van der Waals surface area contributed by atoms with Crippen LogP contribution < -0.4 is 10.6 Å². The summed E-state index contributed by atoms with van der Waals surface area (Å²) in [6.07, 6.45) is -3.47. The Hall–Kier alpha value is -4.32. The Labute approximate surface area is 225 Å². The number of carbonyl (C=O) groups excluding carboxylic acids is 2. The van der Waals surface area contributed by atoms with E-state index >= 15 is 0 Å². The number of carbonyl (C=O) groups is 2. The third kappa shape index (κ3) is 6.23. The van der Waals surface area contributed by atoms with E-state index in [4.69, 9.17) is 11.6 Å². The lowest BCUT2D eigenvalue weighted by Crippen LogP contribution is -2.19. The van der Waals surface area contributed by atoms with Crippen LogP contribution in [0, 0.1) is 12.7 Å². The van der Waals surface area contributed by atoms with Crippen molar-refractivity contribution < 1.29 is 27.2 Å². The summed E-state index contributed by atoms with van der Waals surface area (Å²) in [5.41, 5.74) is -1.14. The Balaban J connectivity index is 1.77. The zero-order valence-corrected chi connectivity index (χ0v) is 21.6. The molecular weight excluding hydrogens is 540 g/mol. The third-order valence-electron chi connectivity index (χ3n) is 5.60. The van der Waals surface area contributed by atoms with Crippen molar-refractivity contribution in [1.82, 2.24) is 25.1 Å². The highest BCUT2D eigenvalue weighted by atomic mass is 35.5. The first-order valence-electron chi connectivity index (χ1n) is 11.4. The van der Waals surface area contributed by atoms with E-state index in [-0.39, 0.29) is 46.6 Å². The van der Waals surface area contributed by atoms with Crippen molar-refractivity contribution in [2.45, 2.75) is 26.6 Å². The maximum atomic E-state index is 14.9. The molecule has 0 fully saturated rings. The van der Waals surface area contributed by atoms with Gasteiger partial charge in [0, 0.05) is 37.8 Å². The number of halogens is 5. The van der Waals surface area contributed by atoms with Crippen molar-refractivity contribution >= 4 is 29.1 Å². The van der Waals surface area contributed by atoms with Crippen LogP contribution in [0.4, 0.5) is 23.2 Å². The lowest BCUT2D eigenvalue weighted by Gasteiger charge is -2.16. The van der Waals surface area contributed by atoms with Gasteiger partial charge in [-0.2, -0.15) is 18.3 Å². The van der Waals surface area contributed by atoms with E-state index in [1.165, 1.54) is 30.9 Å². The predicted octanol–water partition coefficient (Wildman–Crippen LogP) is 5.55. The van der Waals surface area contributed by atoms with Gasteiger partial charge >= 0.3 is 6.18 Å². The largest absolute Gasteiger partial charge is 0.417 e. The van der Waals surface area contributed by atoms with Crippen LogP contribution >= 0.6 is 11.6 Å². The molecule has 13 heteroatoms. The molecule has 2 amide bonds. The molecule has 4 aromatic rings. The fourth-order valence-electron chi connectivity index (χ4n) is 3.85. The highest BCUT2D eigenvalue weighted by molar-refractivity contribution is 6.33. The van der Waals surface area contributed by atoms with Crippen LogP contribution in [0.1, 0.15) is 34.2 Å². The molecule has 0 aliphatic carbocycles. The number of aromatic nitrogens is 4. The Morgan fingerprint density at radius 1 is 1.10 bits per heavy atom. The Morgan fingerprint density at radius 2 is 1.85 bits per heavy atom. The molecule has 0 unspecified atom stereocenters. The second kappa shape index (κ2) is 10.8. The predicted molar refractivity (Wildman–Crippen MR) is 136 cm³/mol. The van der Waals surface area contributed by atoms with Gasteiger partial charge in [0.05, 0.1) is 22.5 Å². The van der Waals surface area contributed by atoms with Gasteiger partial charge in [0.1, 0.15) is 17.3 Å². The Kier molecular flexibility index (Phi) is 7.68. The van der Waals surface area contributed by atoms with Gasteiger partial charge in [0.15, 0.2) is 5.15 Å². The minimum atomic E-state index is -4.90. The molecule has 0 aliphatic heterocycles. The number of anilines is 1. The van der Waals surface area contributed by atoms with E-state index in [0.29, 0.717) is 5.56 Å². The summed E-state index contributed by atoms with van der Waals surface area (Å²) in [4.78, 5) is 32.9. The van der Waals surface area contributed by atoms with E-state index in [1.807, 2.05) is 0 Å². The van der Waals surface area contributed by atoms with Crippen molar-refractivity contribution in [3.8, 4) is 22.5 Å². The number of aryl methyl sites for hydroxylation is 2. The molecule has 0 aliphatic rings. The number of rotatable bonds is 6. The van der Waals surface area contributed by atoms with E-state index in [2.05, 4.69) is 25.7 Å². The lowest BCUT2D eigenvalue weighted by atomic mass is 9.99. The van der Waals surface area contributed by atoms with Crippen molar-refractivity contribution in [2.24, 2.45) is 7.05 Å². The second-order valence-corrected chi connectivity index (χ2v) is 8.96. The summed E-state index contributed by atoms with van der Waals surface area (Å²) in [6.45, 7) is 3.19. The van der Waals surface area contributed by atoms with Crippen LogP contribution in [-0.2, 0) is 24.6 Å². The average molecular weight is 561 g/mol. The maximum absolute atomic E-state index is 14.9. The third-order valence-corrected chi connectivity index (χ3v) is 5.88. The number of benzene rings is 2.